The molecule has 0 saturated carbocycles. The van der Waals surface area contributed by atoms with Crippen molar-refractivity contribution in [3.05, 3.63) is 19.1 Å². The SMILES string of the molecule is C[C-]1CN(N)CC2(CCCOC2)C1.[CH-]=C.[Lr]. The molecule has 1 unspecified atom stereocenters. The van der Waals surface area contributed by atoms with Gasteiger partial charge >= 0.3 is 0 Å². The van der Waals surface area contributed by atoms with Crippen LogP contribution in [0.3, 0.4) is 0 Å². The van der Waals surface area contributed by atoms with Crippen LogP contribution in [0.4, 0.5) is 0 Å². The number of ether oxygens (including phenoxy) is 1. The van der Waals surface area contributed by atoms with Crippen molar-refractivity contribution in [1.29, 1.82) is 0 Å². The molecule has 0 aromatic heterocycles. The molecule has 4 heteroatoms. The molecule has 2 saturated heterocycles. The van der Waals surface area contributed by atoms with Crippen LogP contribution >= 0.6 is 0 Å². The van der Waals surface area contributed by atoms with E-state index in [2.05, 4.69) is 20.1 Å². The second-order valence-corrected chi connectivity index (χ2v) is 4.70. The summed E-state index contributed by atoms with van der Waals surface area (Å²) in [6.07, 6.45) is 3.68. The van der Waals surface area contributed by atoms with Gasteiger partial charge in [0.25, 0.3) is 0 Å². The van der Waals surface area contributed by atoms with E-state index in [0.29, 0.717) is 5.41 Å². The summed E-state index contributed by atoms with van der Waals surface area (Å²) in [5.74, 6) is 7.39. The molecule has 3 nitrogen and oxygen atoms in total. The monoisotopic (exact) mass is 472 g/mol. The standard InChI is InChI=1S/C10H19N2O.C2H3.Lr/c1-9-5-10(7-12(11)6-9)3-2-4-13-8-10;1-2;/h2-8,11H2,1H3;1H,2H2;/q2*-1;. The fraction of sp³-hybridized carbons (Fsp3) is 0.750. The van der Waals surface area contributed by atoms with Crippen LogP contribution in [0.1, 0.15) is 26.2 Å². The van der Waals surface area contributed by atoms with Gasteiger partial charge in [0.15, 0.2) is 0 Å². The molecule has 1 radical (unpaired) electrons. The van der Waals surface area contributed by atoms with Gasteiger partial charge in [-0.25, -0.2) is 0 Å². The summed E-state index contributed by atoms with van der Waals surface area (Å²) in [4.78, 5) is 0. The molecule has 0 amide bonds. The molecular weight excluding hydrogens is 450 g/mol. The number of hydrogen-bond acceptors (Lipinski definition) is 3. The van der Waals surface area contributed by atoms with E-state index in [1.807, 2.05) is 5.01 Å². The quantitative estimate of drug-likeness (QED) is 0.430. The molecular formula is C12H22LrN2O-2. The Morgan fingerprint density at radius 2 is 2.19 bits per heavy atom. The van der Waals surface area contributed by atoms with E-state index in [4.69, 9.17) is 10.6 Å². The van der Waals surface area contributed by atoms with Crippen molar-refractivity contribution in [2.24, 2.45) is 11.3 Å². The van der Waals surface area contributed by atoms with Crippen LogP contribution in [0.15, 0.2) is 6.58 Å². The Labute approximate surface area is 93.2 Å². The van der Waals surface area contributed by atoms with Crippen molar-refractivity contribution in [2.75, 3.05) is 26.3 Å². The molecule has 0 aliphatic carbocycles. The molecule has 1 spiro atoms. The van der Waals surface area contributed by atoms with Gasteiger partial charge in [-0.05, 0) is 18.3 Å². The number of nitrogens with zero attached hydrogens (tertiary/aromatic N) is 1. The summed E-state index contributed by atoms with van der Waals surface area (Å²) in [6, 6.07) is 0. The van der Waals surface area contributed by atoms with Gasteiger partial charge in [0.2, 0.25) is 0 Å². The maximum atomic E-state index is 5.89. The first-order valence-electron chi connectivity index (χ1n) is 5.50. The Hall–Kier alpha value is -1.38. The van der Waals surface area contributed by atoms with Crippen LogP contribution in [-0.4, -0.2) is 31.3 Å². The van der Waals surface area contributed by atoms with Gasteiger partial charge in [-0.3, -0.25) is 17.4 Å². The van der Waals surface area contributed by atoms with Gasteiger partial charge < -0.3 is 17.2 Å². The van der Waals surface area contributed by atoms with Crippen molar-refractivity contribution < 1.29 is 4.74 Å². The summed E-state index contributed by atoms with van der Waals surface area (Å²) in [5, 5.41) is 1.94. The molecule has 2 aliphatic heterocycles. The Balaban J connectivity index is 0.000000711. The first-order chi connectivity index (χ1) is 7.20. The maximum absolute atomic E-state index is 5.89. The third-order valence-corrected chi connectivity index (χ3v) is 3.09. The zero-order valence-electron chi connectivity index (χ0n) is 9.93. The minimum Gasteiger partial charge on any atom is -0.521 e. The topological polar surface area (TPSA) is 38.5 Å². The second-order valence-electron chi connectivity index (χ2n) is 4.70. The first kappa shape index (κ1) is 14.6. The minimum absolute atomic E-state index is 0. The summed E-state index contributed by atoms with van der Waals surface area (Å²) in [5.41, 5.74) is 0.343. The van der Waals surface area contributed by atoms with E-state index in [-0.39, 0.29) is 0 Å². The minimum atomic E-state index is 0. The molecule has 2 fully saturated rings. The predicted molar refractivity (Wildman–Crippen MR) is 61.7 cm³/mol. The van der Waals surface area contributed by atoms with Crippen molar-refractivity contribution in [3.63, 3.8) is 0 Å². The maximum Gasteiger partial charge on any atom is 0.0510 e. The van der Waals surface area contributed by atoms with Gasteiger partial charge in [0, 0.05) is 13.2 Å². The Bertz CT molecular complexity index is 183. The van der Waals surface area contributed by atoms with E-state index in [1.165, 1.54) is 25.2 Å². The summed E-state index contributed by atoms with van der Waals surface area (Å²) >= 11 is 0. The van der Waals surface area contributed by atoms with Gasteiger partial charge in [-0.2, -0.15) is 13.3 Å². The average molecular weight is 472 g/mol. The number of hydrogen-bond donors (Lipinski definition) is 1. The molecule has 2 aliphatic rings. The Morgan fingerprint density at radius 1 is 1.50 bits per heavy atom. The molecule has 0 bridgehead atoms. The predicted octanol–water partition coefficient (Wildman–Crippen LogP) is 1.56. The average Bonchev–Trinajstić information content (AvgIpc) is 2.19. The van der Waals surface area contributed by atoms with Crippen LogP contribution in [0.25, 0.3) is 0 Å². The molecule has 16 heavy (non-hydrogen) atoms. The first-order valence-corrected chi connectivity index (χ1v) is 5.50. The number of nitrogens with two attached hydrogens (primary N) is 1. The molecule has 0 aromatic rings. The van der Waals surface area contributed by atoms with Crippen molar-refractivity contribution in [3.8, 4) is 0 Å². The largest absolute Gasteiger partial charge is 0.521 e. The van der Waals surface area contributed by atoms with Crippen LogP contribution in [-0.2, 0) is 4.74 Å². The van der Waals surface area contributed by atoms with Crippen molar-refractivity contribution in [2.45, 2.75) is 26.2 Å². The molecule has 2 N–H and O–H groups in total. The van der Waals surface area contributed by atoms with E-state index >= 15 is 0 Å². The van der Waals surface area contributed by atoms with Gasteiger partial charge in [0.05, 0.1) is 6.61 Å². The van der Waals surface area contributed by atoms with E-state index in [1.54, 1.807) is 0 Å². The zero-order valence-corrected chi connectivity index (χ0v) is 12.1. The summed E-state index contributed by atoms with van der Waals surface area (Å²) in [6.45, 7) is 13.0. The van der Waals surface area contributed by atoms with Crippen LogP contribution in [0, 0.1) is 17.9 Å². The molecule has 2 heterocycles. The number of hydrazine groups is 1. The third kappa shape index (κ3) is 3.33. The second kappa shape index (κ2) is 6.26. The summed E-state index contributed by atoms with van der Waals surface area (Å²) in [7, 11) is 0. The number of piperidine rings is 1. The molecule has 103 valence electrons. The van der Waals surface area contributed by atoms with Gasteiger partial charge in [-0.1, -0.05) is 0 Å². The Kier molecular flexibility index (Phi) is 5.72. The summed E-state index contributed by atoms with van der Waals surface area (Å²) < 4.78 is 5.56. The molecule has 1 atom stereocenters. The molecule has 0 aromatic carbocycles. The fourth-order valence-electron chi connectivity index (χ4n) is 2.76. The third-order valence-electron chi connectivity index (χ3n) is 3.09. The zero-order chi connectivity index (χ0) is 11.3. The van der Waals surface area contributed by atoms with Crippen LogP contribution in [0.2, 0.25) is 0 Å². The van der Waals surface area contributed by atoms with Gasteiger partial charge in [0.1, 0.15) is 0 Å². The number of rotatable bonds is 0. The van der Waals surface area contributed by atoms with E-state index in [0.717, 1.165) is 26.3 Å². The Morgan fingerprint density at radius 3 is 2.69 bits per heavy atom. The van der Waals surface area contributed by atoms with Gasteiger partial charge in [-0.15, -0.1) is 6.54 Å². The van der Waals surface area contributed by atoms with E-state index < -0.39 is 0 Å². The molecule has 2 rings (SSSR count). The van der Waals surface area contributed by atoms with Crippen LogP contribution in [0.5, 0.6) is 0 Å². The van der Waals surface area contributed by atoms with E-state index in [9.17, 15) is 0 Å². The van der Waals surface area contributed by atoms with Crippen molar-refractivity contribution in [1.82, 2.24) is 5.01 Å². The van der Waals surface area contributed by atoms with Crippen molar-refractivity contribution >= 4 is 0 Å². The van der Waals surface area contributed by atoms with Crippen LogP contribution < -0.4 is 5.84 Å². The normalized spacial score (nSPS) is 31.4. The smallest absolute Gasteiger partial charge is 0.0510 e. The fourth-order valence-corrected chi connectivity index (χ4v) is 2.76.